The first-order chi connectivity index (χ1) is 6.88. The quantitative estimate of drug-likeness (QED) is 0.576. The van der Waals surface area contributed by atoms with Crippen LogP contribution in [0.4, 0.5) is 0 Å². The lowest BCUT2D eigenvalue weighted by molar-refractivity contribution is 0.0744. The van der Waals surface area contributed by atoms with Gasteiger partial charge in [0.15, 0.2) is 0 Å². The summed E-state index contributed by atoms with van der Waals surface area (Å²) in [5.41, 5.74) is 1.29. The first-order valence-corrected chi connectivity index (χ1v) is 6.88. The molecule has 0 aliphatic heterocycles. The van der Waals surface area contributed by atoms with E-state index in [1.54, 1.807) is 0 Å². The topological polar surface area (TPSA) is 0 Å². The van der Waals surface area contributed by atoms with Crippen LogP contribution in [-0.4, -0.2) is 0 Å². The molecule has 0 spiro atoms. The molecule has 2 saturated carbocycles. The Bertz CT molecular complexity index is 242. The molecule has 4 atom stereocenters. The zero-order valence-electron chi connectivity index (χ0n) is 11.3. The van der Waals surface area contributed by atoms with Crippen molar-refractivity contribution in [3.8, 4) is 0 Å². The second kappa shape index (κ2) is 3.50. The van der Waals surface area contributed by atoms with E-state index in [1.807, 2.05) is 0 Å². The van der Waals surface area contributed by atoms with Crippen LogP contribution in [0.15, 0.2) is 0 Å². The summed E-state index contributed by atoms with van der Waals surface area (Å²) in [5, 5.41) is 0. The molecule has 88 valence electrons. The highest BCUT2D eigenvalue weighted by molar-refractivity contribution is 5.03. The van der Waals surface area contributed by atoms with Gasteiger partial charge in [0.1, 0.15) is 0 Å². The highest BCUT2D eigenvalue weighted by Gasteiger charge is 2.53. The first kappa shape index (κ1) is 11.5. The zero-order valence-corrected chi connectivity index (χ0v) is 11.3. The van der Waals surface area contributed by atoms with E-state index in [9.17, 15) is 0 Å². The fourth-order valence-electron chi connectivity index (χ4n) is 4.33. The molecular formula is C15H28. The maximum atomic E-state index is 2.58. The Morgan fingerprint density at radius 1 is 1.13 bits per heavy atom. The van der Waals surface area contributed by atoms with Gasteiger partial charge in [0.25, 0.3) is 0 Å². The van der Waals surface area contributed by atoms with Crippen molar-refractivity contribution in [1.29, 1.82) is 0 Å². The molecule has 2 rings (SSSR count). The van der Waals surface area contributed by atoms with Crippen LogP contribution < -0.4 is 0 Å². The minimum absolute atomic E-state index is 0.623. The lowest BCUT2D eigenvalue weighted by Crippen LogP contribution is -2.33. The molecule has 0 nitrogen and oxygen atoms in total. The molecule has 0 bridgehead atoms. The minimum atomic E-state index is 0.623. The van der Waals surface area contributed by atoms with Crippen molar-refractivity contribution in [1.82, 2.24) is 0 Å². The van der Waals surface area contributed by atoms with Crippen molar-refractivity contribution in [3.05, 3.63) is 0 Å². The lowest BCUT2D eigenvalue weighted by Gasteiger charge is -2.42. The number of hydrogen-bond donors (Lipinski definition) is 0. The molecule has 0 heteroatoms. The standard InChI is InChI=1S/C15H28/c1-11(2)14(4)9-13-8-6-7-12(3)15(13,5)10-14/h11-13H,6-10H2,1-5H3. The molecule has 0 N–H and O–H groups in total. The largest absolute Gasteiger partial charge is 0.0623 e. The van der Waals surface area contributed by atoms with E-state index in [4.69, 9.17) is 0 Å². The average molecular weight is 208 g/mol. The van der Waals surface area contributed by atoms with Crippen LogP contribution in [0.2, 0.25) is 0 Å². The molecule has 15 heavy (non-hydrogen) atoms. The highest BCUT2D eigenvalue weighted by atomic mass is 14.6. The third kappa shape index (κ3) is 1.65. The van der Waals surface area contributed by atoms with Gasteiger partial charge in [-0.1, -0.05) is 47.5 Å². The van der Waals surface area contributed by atoms with Gasteiger partial charge in [0.2, 0.25) is 0 Å². The van der Waals surface area contributed by atoms with E-state index in [-0.39, 0.29) is 0 Å². The second-order valence-electron chi connectivity index (χ2n) is 7.22. The van der Waals surface area contributed by atoms with Crippen LogP contribution in [0.5, 0.6) is 0 Å². The number of fused-ring (bicyclic) bond motifs is 1. The molecule has 0 amide bonds. The van der Waals surface area contributed by atoms with Crippen molar-refractivity contribution >= 4 is 0 Å². The molecule has 2 aliphatic carbocycles. The van der Waals surface area contributed by atoms with Crippen molar-refractivity contribution in [2.45, 2.75) is 66.7 Å². The molecule has 0 aromatic carbocycles. The van der Waals surface area contributed by atoms with Gasteiger partial charge in [-0.2, -0.15) is 0 Å². The normalized spacial score (nSPS) is 50.8. The van der Waals surface area contributed by atoms with Crippen LogP contribution in [0.1, 0.15) is 66.7 Å². The molecule has 2 aliphatic rings. The van der Waals surface area contributed by atoms with Gasteiger partial charge in [-0.15, -0.1) is 0 Å². The van der Waals surface area contributed by atoms with Crippen LogP contribution in [0.3, 0.4) is 0 Å². The molecule has 2 fully saturated rings. The fourth-order valence-corrected chi connectivity index (χ4v) is 4.33. The first-order valence-electron chi connectivity index (χ1n) is 6.88. The van der Waals surface area contributed by atoms with Gasteiger partial charge in [-0.25, -0.2) is 0 Å². The highest BCUT2D eigenvalue weighted by Crippen LogP contribution is 2.63. The van der Waals surface area contributed by atoms with Gasteiger partial charge in [-0.3, -0.25) is 0 Å². The maximum absolute atomic E-state index is 2.58. The summed E-state index contributed by atoms with van der Waals surface area (Å²) in [5.74, 6) is 2.83. The van der Waals surface area contributed by atoms with E-state index < -0.39 is 0 Å². The van der Waals surface area contributed by atoms with Crippen molar-refractivity contribution in [3.63, 3.8) is 0 Å². The molecule has 0 saturated heterocycles. The van der Waals surface area contributed by atoms with Gasteiger partial charge in [-0.05, 0) is 47.8 Å². The van der Waals surface area contributed by atoms with Crippen LogP contribution in [-0.2, 0) is 0 Å². The van der Waals surface area contributed by atoms with Gasteiger partial charge in [0.05, 0.1) is 0 Å². The SMILES string of the molecule is CC(C)C1(C)CC2CCCC(C)C2(C)C1. The molecule has 0 aromatic rings. The monoisotopic (exact) mass is 208 g/mol. The predicted octanol–water partition coefficient (Wildman–Crippen LogP) is 4.89. The molecular weight excluding hydrogens is 180 g/mol. The van der Waals surface area contributed by atoms with Gasteiger partial charge >= 0.3 is 0 Å². The Labute approximate surface area is 95.8 Å². The average Bonchev–Trinajstić information content (AvgIpc) is 2.41. The Morgan fingerprint density at radius 3 is 2.33 bits per heavy atom. The predicted molar refractivity (Wildman–Crippen MR) is 66.8 cm³/mol. The molecule has 4 unspecified atom stereocenters. The third-order valence-electron chi connectivity index (χ3n) is 6.14. The Balaban J connectivity index is 2.23. The number of rotatable bonds is 1. The summed E-state index contributed by atoms with van der Waals surface area (Å²) >= 11 is 0. The maximum Gasteiger partial charge on any atom is -0.0266 e. The summed E-state index contributed by atoms with van der Waals surface area (Å²) in [4.78, 5) is 0. The lowest BCUT2D eigenvalue weighted by atomic mass is 9.63. The zero-order chi connectivity index (χ0) is 11.3. The van der Waals surface area contributed by atoms with E-state index in [2.05, 4.69) is 34.6 Å². The third-order valence-corrected chi connectivity index (χ3v) is 6.14. The smallest absolute Gasteiger partial charge is 0.0266 e. The van der Waals surface area contributed by atoms with Crippen LogP contribution in [0.25, 0.3) is 0 Å². The molecule has 0 radical (unpaired) electrons. The van der Waals surface area contributed by atoms with Crippen molar-refractivity contribution < 1.29 is 0 Å². The van der Waals surface area contributed by atoms with Gasteiger partial charge < -0.3 is 0 Å². The van der Waals surface area contributed by atoms with E-state index >= 15 is 0 Å². The Hall–Kier alpha value is 0. The minimum Gasteiger partial charge on any atom is -0.0623 e. The van der Waals surface area contributed by atoms with E-state index in [0.717, 1.165) is 17.8 Å². The van der Waals surface area contributed by atoms with Crippen molar-refractivity contribution in [2.75, 3.05) is 0 Å². The summed E-state index contributed by atoms with van der Waals surface area (Å²) in [6.45, 7) is 12.5. The molecule has 0 aromatic heterocycles. The fraction of sp³-hybridized carbons (Fsp3) is 1.00. The van der Waals surface area contributed by atoms with Gasteiger partial charge in [0, 0.05) is 0 Å². The molecule has 0 heterocycles. The van der Waals surface area contributed by atoms with Crippen molar-refractivity contribution in [2.24, 2.45) is 28.6 Å². The van der Waals surface area contributed by atoms with E-state index in [0.29, 0.717) is 10.8 Å². The van der Waals surface area contributed by atoms with Crippen LogP contribution in [0, 0.1) is 28.6 Å². The van der Waals surface area contributed by atoms with E-state index in [1.165, 1.54) is 32.1 Å². The summed E-state index contributed by atoms with van der Waals surface area (Å²) in [6.07, 6.45) is 7.43. The number of hydrogen-bond acceptors (Lipinski definition) is 0. The Morgan fingerprint density at radius 2 is 1.80 bits per heavy atom. The summed E-state index contributed by atoms with van der Waals surface area (Å²) < 4.78 is 0. The summed E-state index contributed by atoms with van der Waals surface area (Å²) in [6, 6.07) is 0. The second-order valence-corrected chi connectivity index (χ2v) is 7.22. The summed E-state index contributed by atoms with van der Waals surface area (Å²) in [7, 11) is 0. The Kier molecular flexibility index (Phi) is 2.68. The van der Waals surface area contributed by atoms with Crippen LogP contribution >= 0.6 is 0 Å².